The Kier molecular flexibility index (Phi) is 10.6. The monoisotopic (exact) mass is 431 g/mol. The standard InChI is InChI=1S/C22H33N5O4/c1-14(2)12-18(27(6)21(29)19(15(3)4)25-26-23)20(28)24-16(5)22(30)31-13-17-10-8-7-9-11-17/h7-11,14-16,18-19H,12-13H2,1-6H3,(H,24,28)/t16-,18-,19-/m0/s1. The van der Waals surface area contributed by atoms with Crippen molar-refractivity contribution in [2.24, 2.45) is 17.0 Å². The lowest BCUT2D eigenvalue weighted by Crippen LogP contribution is -2.54. The number of amides is 2. The summed E-state index contributed by atoms with van der Waals surface area (Å²) in [4.78, 5) is 42.2. The predicted octanol–water partition coefficient (Wildman–Crippen LogP) is 3.44. The smallest absolute Gasteiger partial charge is 0.328 e. The van der Waals surface area contributed by atoms with Gasteiger partial charge in [0.05, 0.1) is 0 Å². The number of carbonyl (C=O) groups is 3. The van der Waals surface area contributed by atoms with Crippen LogP contribution in [-0.2, 0) is 25.7 Å². The van der Waals surface area contributed by atoms with E-state index >= 15 is 0 Å². The lowest BCUT2D eigenvalue weighted by molar-refractivity contribution is -0.149. The first-order chi connectivity index (χ1) is 14.6. The van der Waals surface area contributed by atoms with Gasteiger partial charge in [0.15, 0.2) is 0 Å². The molecule has 0 aliphatic heterocycles. The van der Waals surface area contributed by atoms with E-state index in [1.807, 2.05) is 44.2 Å². The van der Waals surface area contributed by atoms with Gasteiger partial charge in [-0.3, -0.25) is 9.59 Å². The van der Waals surface area contributed by atoms with Crippen molar-refractivity contribution >= 4 is 17.8 Å². The molecule has 0 aliphatic carbocycles. The molecule has 170 valence electrons. The van der Waals surface area contributed by atoms with Gasteiger partial charge in [0.2, 0.25) is 11.8 Å². The van der Waals surface area contributed by atoms with Crippen LogP contribution in [0.1, 0.15) is 46.6 Å². The molecule has 9 heteroatoms. The molecule has 0 aromatic heterocycles. The normalized spacial score (nSPS) is 13.7. The van der Waals surface area contributed by atoms with Crippen molar-refractivity contribution in [3.05, 3.63) is 46.3 Å². The second-order valence-corrected chi connectivity index (χ2v) is 8.31. The van der Waals surface area contributed by atoms with Crippen LogP contribution in [0.2, 0.25) is 0 Å². The van der Waals surface area contributed by atoms with Gasteiger partial charge in [-0.2, -0.15) is 0 Å². The number of hydrogen-bond acceptors (Lipinski definition) is 5. The Hall–Kier alpha value is -3.06. The molecule has 1 aromatic rings. The number of carbonyl (C=O) groups excluding carboxylic acids is 3. The largest absolute Gasteiger partial charge is 0.459 e. The highest BCUT2D eigenvalue weighted by Crippen LogP contribution is 2.17. The maximum Gasteiger partial charge on any atom is 0.328 e. The zero-order valence-corrected chi connectivity index (χ0v) is 19.1. The number of rotatable bonds is 11. The van der Waals surface area contributed by atoms with Crippen molar-refractivity contribution in [1.82, 2.24) is 10.2 Å². The first kappa shape index (κ1) is 26.0. The predicted molar refractivity (Wildman–Crippen MR) is 118 cm³/mol. The van der Waals surface area contributed by atoms with E-state index in [4.69, 9.17) is 10.3 Å². The first-order valence-electron chi connectivity index (χ1n) is 10.4. The zero-order chi connectivity index (χ0) is 23.6. The minimum absolute atomic E-state index is 0.107. The molecule has 0 unspecified atom stereocenters. The molecule has 0 radical (unpaired) electrons. The topological polar surface area (TPSA) is 124 Å². The molecule has 0 aliphatic rings. The number of ether oxygens (including phenoxy) is 1. The average Bonchev–Trinajstić information content (AvgIpc) is 2.73. The fourth-order valence-corrected chi connectivity index (χ4v) is 3.00. The van der Waals surface area contributed by atoms with Crippen LogP contribution < -0.4 is 5.32 Å². The summed E-state index contributed by atoms with van der Waals surface area (Å²) < 4.78 is 5.27. The lowest BCUT2D eigenvalue weighted by atomic mass is 9.98. The van der Waals surface area contributed by atoms with Crippen molar-refractivity contribution in [3.8, 4) is 0 Å². The molecule has 0 spiro atoms. The van der Waals surface area contributed by atoms with Crippen molar-refractivity contribution in [3.63, 3.8) is 0 Å². The van der Waals surface area contributed by atoms with E-state index in [9.17, 15) is 14.4 Å². The molecule has 0 bridgehead atoms. The summed E-state index contributed by atoms with van der Waals surface area (Å²) in [5.41, 5.74) is 9.62. The first-order valence-corrected chi connectivity index (χ1v) is 10.4. The highest BCUT2D eigenvalue weighted by molar-refractivity contribution is 5.92. The van der Waals surface area contributed by atoms with Crippen LogP contribution in [0, 0.1) is 11.8 Å². The fraction of sp³-hybridized carbons (Fsp3) is 0.591. The minimum atomic E-state index is -0.911. The van der Waals surface area contributed by atoms with Crippen LogP contribution in [0.5, 0.6) is 0 Å². The third-order valence-electron chi connectivity index (χ3n) is 4.81. The third kappa shape index (κ3) is 8.30. The Morgan fingerprint density at radius 3 is 2.26 bits per heavy atom. The van der Waals surface area contributed by atoms with Gasteiger partial charge >= 0.3 is 5.97 Å². The van der Waals surface area contributed by atoms with Crippen LogP contribution >= 0.6 is 0 Å². The highest BCUT2D eigenvalue weighted by atomic mass is 16.5. The molecule has 0 saturated carbocycles. The third-order valence-corrected chi connectivity index (χ3v) is 4.81. The van der Waals surface area contributed by atoms with E-state index < -0.39 is 35.9 Å². The number of azide groups is 1. The second-order valence-electron chi connectivity index (χ2n) is 8.31. The number of likely N-dealkylation sites (N-methyl/N-ethyl adjacent to an activating group) is 1. The van der Waals surface area contributed by atoms with E-state index in [0.717, 1.165) is 5.56 Å². The van der Waals surface area contributed by atoms with Gasteiger partial charge in [0.1, 0.15) is 24.7 Å². The molecule has 3 atom stereocenters. The molecule has 1 N–H and O–H groups in total. The van der Waals surface area contributed by atoms with E-state index in [1.54, 1.807) is 13.8 Å². The summed E-state index contributed by atoms with van der Waals surface area (Å²) >= 11 is 0. The maximum absolute atomic E-state index is 12.9. The van der Waals surface area contributed by atoms with Gasteiger partial charge in [0.25, 0.3) is 0 Å². The molecule has 0 fully saturated rings. The number of nitrogens with one attached hydrogen (secondary N) is 1. The fourth-order valence-electron chi connectivity index (χ4n) is 3.00. The quantitative estimate of drug-likeness (QED) is 0.249. The summed E-state index contributed by atoms with van der Waals surface area (Å²) in [6.07, 6.45) is 0.390. The molecular formula is C22H33N5O4. The van der Waals surface area contributed by atoms with Gasteiger partial charge < -0.3 is 15.0 Å². The summed E-state index contributed by atoms with van der Waals surface area (Å²) in [5, 5.41) is 6.24. The SMILES string of the molecule is CC(C)C[C@@H](C(=O)N[C@@H](C)C(=O)OCc1ccccc1)N(C)C(=O)[C@@H](N=[N+]=[N-])C(C)C. The highest BCUT2D eigenvalue weighted by Gasteiger charge is 2.33. The molecule has 0 heterocycles. The van der Waals surface area contributed by atoms with E-state index in [0.29, 0.717) is 6.42 Å². The van der Waals surface area contributed by atoms with E-state index in [-0.39, 0.29) is 18.4 Å². The van der Waals surface area contributed by atoms with Crippen molar-refractivity contribution < 1.29 is 19.1 Å². The van der Waals surface area contributed by atoms with Crippen LogP contribution in [0.15, 0.2) is 35.4 Å². The van der Waals surface area contributed by atoms with Gasteiger partial charge in [-0.05, 0) is 36.3 Å². The Bertz CT molecular complexity index is 790. The zero-order valence-electron chi connectivity index (χ0n) is 19.1. The number of nitrogens with zero attached hydrogens (tertiary/aromatic N) is 4. The summed E-state index contributed by atoms with van der Waals surface area (Å²) in [5.74, 6) is -1.57. The van der Waals surface area contributed by atoms with Crippen LogP contribution in [0.25, 0.3) is 10.4 Å². The Morgan fingerprint density at radius 1 is 1.13 bits per heavy atom. The van der Waals surface area contributed by atoms with E-state index in [2.05, 4.69) is 15.3 Å². The minimum Gasteiger partial charge on any atom is -0.459 e. The van der Waals surface area contributed by atoms with Gasteiger partial charge in [0, 0.05) is 12.0 Å². The second kappa shape index (κ2) is 12.6. The summed E-state index contributed by atoms with van der Waals surface area (Å²) in [7, 11) is 1.51. The molecule has 1 rings (SSSR count). The molecule has 31 heavy (non-hydrogen) atoms. The molecular weight excluding hydrogens is 398 g/mol. The summed E-state index contributed by atoms with van der Waals surface area (Å²) in [6.45, 7) is 9.06. The van der Waals surface area contributed by atoms with Crippen LogP contribution in [0.3, 0.4) is 0 Å². The van der Waals surface area contributed by atoms with Crippen LogP contribution in [-0.4, -0.2) is 47.9 Å². The van der Waals surface area contributed by atoms with Crippen LogP contribution in [0.4, 0.5) is 0 Å². The number of hydrogen-bond donors (Lipinski definition) is 1. The summed E-state index contributed by atoms with van der Waals surface area (Å²) in [6, 6.07) is 6.63. The van der Waals surface area contributed by atoms with Crippen molar-refractivity contribution in [2.75, 3.05) is 7.05 Å². The Morgan fingerprint density at radius 2 is 1.74 bits per heavy atom. The van der Waals surface area contributed by atoms with Gasteiger partial charge in [-0.25, -0.2) is 4.79 Å². The number of esters is 1. The van der Waals surface area contributed by atoms with Gasteiger partial charge in [-0.15, -0.1) is 0 Å². The van der Waals surface area contributed by atoms with Crippen molar-refractivity contribution in [1.29, 1.82) is 0 Å². The van der Waals surface area contributed by atoms with Crippen molar-refractivity contribution in [2.45, 2.75) is 65.8 Å². The lowest BCUT2D eigenvalue weighted by Gasteiger charge is -2.32. The molecule has 1 aromatic carbocycles. The molecule has 9 nitrogen and oxygen atoms in total. The van der Waals surface area contributed by atoms with Gasteiger partial charge in [-0.1, -0.05) is 63.1 Å². The molecule has 2 amide bonds. The maximum atomic E-state index is 12.9. The number of benzene rings is 1. The average molecular weight is 432 g/mol. The Labute approximate surface area is 183 Å². The molecule has 0 saturated heterocycles. The van der Waals surface area contributed by atoms with E-state index in [1.165, 1.54) is 18.9 Å². The Balaban J connectivity index is 2.85.